The second kappa shape index (κ2) is 8.14. The van der Waals surface area contributed by atoms with Crippen LogP contribution in [0, 0.1) is 0 Å². The molecule has 0 radical (unpaired) electrons. The smallest absolute Gasteiger partial charge is 0.226 e. The Kier molecular flexibility index (Phi) is 5.25. The molecular weight excluding hydrogens is 370 g/mol. The molecule has 0 aliphatic heterocycles. The first-order valence-corrected chi connectivity index (χ1v) is 9.81. The Morgan fingerprint density at radius 1 is 1.14 bits per heavy atom. The van der Waals surface area contributed by atoms with E-state index >= 15 is 0 Å². The zero-order valence-corrected chi connectivity index (χ0v) is 16.1. The van der Waals surface area contributed by atoms with Gasteiger partial charge in [0.15, 0.2) is 0 Å². The summed E-state index contributed by atoms with van der Waals surface area (Å²) in [6, 6.07) is 17.8. The van der Waals surface area contributed by atoms with E-state index in [1.165, 1.54) is 6.33 Å². The molecule has 0 spiro atoms. The van der Waals surface area contributed by atoms with Gasteiger partial charge in [-0.2, -0.15) is 5.10 Å². The Hall–Kier alpha value is -3.32. The average Bonchev–Trinajstić information content (AvgIpc) is 3.41. The summed E-state index contributed by atoms with van der Waals surface area (Å²) in [6.07, 6.45) is 3.42. The lowest BCUT2D eigenvalue weighted by Gasteiger charge is -2.14. The fourth-order valence-corrected chi connectivity index (χ4v) is 3.72. The summed E-state index contributed by atoms with van der Waals surface area (Å²) >= 11 is 1.56. The van der Waals surface area contributed by atoms with Gasteiger partial charge in [0.05, 0.1) is 23.8 Å². The number of benzene rings is 2. The van der Waals surface area contributed by atoms with Gasteiger partial charge in [-0.15, -0.1) is 11.3 Å². The molecule has 6 nitrogen and oxygen atoms in total. The van der Waals surface area contributed by atoms with E-state index in [1.54, 1.807) is 22.3 Å². The van der Waals surface area contributed by atoms with Crippen molar-refractivity contribution < 1.29 is 4.79 Å². The molecule has 0 bridgehead atoms. The van der Waals surface area contributed by atoms with E-state index in [4.69, 9.17) is 0 Å². The molecular formula is C21H19N5OS. The molecule has 0 fully saturated rings. The molecule has 4 aromatic rings. The number of carbonyl (C=O) groups is 1. The number of carbonyl (C=O) groups excluding carboxylic acids is 1. The summed E-state index contributed by atoms with van der Waals surface area (Å²) in [5, 5.41) is 10.0. The van der Waals surface area contributed by atoms with Crippen LogP contribution in [-0.4, -0.2) is 25.7 Å². The van der Waals surface area contributed by atoms with Gasteiger partial charge in [-0.1, -0.05) is 42.5 Å². The molecule has 0 saturated heterocycles. The first-order valence-electron chi connectivity index (χ1n) is 8.93. The zero-order chi connectivity index (χ0) is 19.3. The van der Waals surface area contributed by atoms with Gasteiger partial charge in [0.25, 0.3) is 0 Å². The predicted molar refractivity (Wildman–Crippen MR) is 109 cm³/mol. The molecule has 1 atom stereocenters. The van der Waals surface area contributed by atoms with E-state index < -0.39 is 0 Å². The van der Waals surface area contributed by atoms with Gasteiger partial charge in [0, 0.05) is 10.9 Å². The van der Waals surface area contributed by atoms with Gasteiger partial charge >= 0.3 is 0 Å². The number of nitrogens with zero attached hydrogens (tertiary/aromatic N) is 4. The molecule has 4 rings (SSSR count). The molecule has 1 unspecified atom stereocenters. The average molecular weight is 389 g/mol. The minimum Gasteiger partial charge on any atom is -0.349 e. The molecule has 1 N–H and O–H groups in total. The third-order valence-corrected chi connectivity index (χ3v) is 5.31. The molecule has 0 saturated carbocycles. The monoisotopic (exact) mass is 389 g/mol. The topological polar surface area (TPSA) is 72.7 Å². The second-order valence-corrected chi connectivity index (χ2v) is 7.27. The number of thiazole rings is 1. The molecule has 0 aliphatic rings. The van der Waals surface area contributed by atoms with Crippen molar-refractivity contribution in [2.45, 2.75) is 19.4 Å². The van der Waals surface area contributed by atoms with Gasteiger partial charge in [0.1, 0.15) is 17.7 Å². The van der Waals surface area contributed by atoms with Crippen LogP contribution in [0.15, 0.2) is 72.6 Å². The van der Waals surface area contributed by atoms with Crippen LogP contribution in [0.25, 0.3) is 16.3 Å². The quantitative estimate of drug-likeness (QED) is 0.544. The molecule has 7 heteroatoms. The number of amides is 1. The largest absolute Gasteiger partial charge is 0.349 e. The van der Waals surface area contributed by atoms with E-state index in [0.717, 1.165) is 27.5 Å². The van der Waals surface area contributed by atoms with Crippen LogP contribution in [-0.2, 0) is 11.2 Å². The fourth-order valence-electron chi connectivity index (χ4n) is 2.90. The lowest BCUT2D eigenvalue weighted by Crippen LogP contribution is -2.28. The Morgan fingerprint density at radius 3 is 2.64 bits per heavy atom. The highest BCUT2D eigenvalue weighted by molar-refractivity contribution is 7.13. The minimum absolute atomic E-state index is 0.0437. The highest BCUT2D eigenvalue weighted by atomic mass is 32.1. The van der Waals surface area contributed by atoms with Gasteiger partial charge in [-0.05, 0) is 24.6 Å². The van der Waals surface area contributed by atoms with Crippen LogP contribution in [0.2, 0.25) is 0 Å². The molecule has 28 heavy (non-hydrogen) atoms. The number of hydrogen-bond acceptors (Lipinski definition) is 5. The van der Waals surface area contributed by atoms with Gasteiger partial charge in [-0.25, -0.2) is 14.6 Å². The maximum Gasteiger partial charge on any atom is 0.226 e. The van der Waals surface area contributed by atoms with Crippen molar-refractivity contribution in [3.63, 3.8) is 0 Å². The lowest BCUT2D eigenvalue weighted by molar-refractivity contribution is -0.121. The summed E-state index contributed by atoms with van der Waals surface area (Å²) in [4.78, 5) is 21.0. The number of nitrogens with one attached hydrogen (secondary N) is 1. The van der Waals surface area contributed by atoms with Crippen molar-refractivity contribution in [3.05, 3.63) is 83.9 Å². The lowest BCUT2D eigenvalue weighted by atomic mass is 10.1. The van der Waals surface area contributed by atoms with Crippen molar-refractivity contribution in [1.29, 1.82) is 0 Å². The van der Waals surface area contributed by atoms with Crippen molar-refractivity contribution in [3.8, 4) is 16.3 Å². The highest BCUT2D eigenvalue weighted by Crippen LogP contribution is 2.23. The standard InChI is InChI=1S/C21H19N5OS/c1-15(16-7-9-19(10-8-16)26-14-22-13-23-26)24-20(27)11-18-12-28-21(25-18)17-5-3-2-4-6-17/h2-10,12-15H,11H2,1H3,(H,24,27). The van der Waals surface area contributed by atoms with Crippen molar-refractivity contribution >= 4 is 17.2 Å². The summed E-state index contributed by atoms with van der Waals surface area (Å²) in [6.45, 7) is 1.97. The van der Waals surface area contributed by atoms with E-state index in [-0.39, 0.29) is 18.4 Å². The molecule has 1 amide bonds. The van der Waals surface area contributed by atoms with E-state index in [9.17, 15) is 4.79 Å². The SMILES string of the molecule is CC(NC(=O)Cc1csc(-c2ccccc2)n1)c1ccc(-n2cncn2)cc1. The van der Waals surface area contributed by atoms with E-state index in [2.05, 4.69) is 20.4 Å². The number of rotatable bonds is 6. The Balaban J connectivity index is 1.36. The summed E-state index contributed by atoms with van der Waals surface area (Å²) in [5.74, 6) is -0.0437. The van der Waals surface area contributed by atoms with Crippen molar-refractivity contribution in [1.82, 2.24) is 25.1 Å². The van der Waals surface area contributed by atoms with Crippen LogP contribution in [0.4, 0.5) is 0 Å². The fraction of sp³-hybridized carbons (Fsp3) is 0.143. The molecule has 0 aliphatic carbocycles. The minimum atomic E-state index is -0.0930. The molecule has 2 heterocycles. The summed E-state index contributed by atoms with van der Waals surface area (Å²) < 4.78 is 1.69. The predicted octanol–water partition coefficient (Wildman–Crippen LogP) is 3.81. The van der Waals surface area contributed by atoms with Gasteiger partial charge < -0.3 is 5.32 Å². The van der Waals surface area contributed by atoms with Crippen molar-refractivity contribution in [2.75, 3.05) is 0 Å². The number of hydrogen-bond donors (Lipinski definition) is 1. The van der Waals surface area contributed by atoms with Gasteiger partial charge in [-0.3, -0.25) is 4.79 Å². The number of aromatic nitrogens is 4. The summed E-state index contributed by atoms with van der Waals surface area (Å²) in [5.41, 5.74) is 3.81. The normalized spacial score (nSPS) is 11.9. The van der Waals surface area contributed by atoms with Crippen LogP contribution >= 0.6 is 11.3 Å². The molecule has 2 aromatic heterocycles. The van der Waals surface area contributed by atoms with Crippen molar-refractivity contribution in [2.24, 2.45) is 0 Å². The Labute approximate surface area is 166 Å². The van der Waals surface area contributed by atoms with Crippen LogP contribution < -0.4 is 5.32 Å². The zero-order valence-electron chi connectivity index (χ0n) is 15.3. The third-order valence-electron chi connectivity index (χ3n) is 4.37. The molecule has 2 aromatic carbocycles. The van der Waals surface area contributed by atoms with Crippen LogP contribution in [0.3, 0.4) is 0 Å². The molecule has 140 valence electrons. The van der Waals surface area contributed by atoms with E-state index in [0.29, 0.717) is 0 Å². The summed E-state index contributed by atoms with van der Waals surface area (Å²) in [7, 11) is 0. The van der Waals surface area contributed by atoms with E-state index in [1.807, 2.05) is 66.9 Å². The second-order valence-electron chi connectivity index (χ2n) is 6.41. The highest BCUT2D eigenvalue weighted by Gasteiger charge is 2.13. The maximum atomic E-state index is 12.4. The Morgan fingerprint density at radius 2 is 1.93 bits per heavy atom. The van der Waals surface area contributed by atoms with Crippen LogP contribution in [0.5, 0.6) is 0 Å². The maximum absolute atomic E-state index is 12.4. The first-order chi connectivity index (χ1) is 13.7. The third kappa shape index (κ3) is 4.15. The van der Waals surface area contributed by atoms with Gasteiger partial charge in [0.2, 0.25) is 5.91 Å². The van der Waals surface area contributed by atoms with Crippen LogP contribution in [0.1, 0.15) is 24.2 Å². The first kappa shape index (κ1) is 18.1. The Bertz CT molecular complexity index is 1040.